The van der Waals surface area contributed by atoms with Crippen LogP contribution in [0.25, 0.3) is 0 Å². The van der Waals surface area contributed by atoms with Gasteiger partial charge in [-0.2, -0.15) is 0 Å². The predicted molar refractivity (Wildman–Crippen MR) is 105 cm³/mol. The molecule has 27 heavy (non-hydrogen) atoms. The largest absolute Gasteiger partial charge is 1.00 e. The number of carbonyl (C=O) groups excluding carboxylic acids is 1. The van der Waals surface area contributed by atoms with Crippen LogP contribution >= 0.6 is 11.6 Å². The first-order valence-corrected chi connectivity index (χ1v) is 8.97. The Bertz CT molecular complexity index is 724. The summed E-state index contributed by atoms with van der Waals surface area (Å²) in [6.07, 6.45) is 1.38. The molecule has 1 amide bonds. The number of benzene rings is 2. The zero-order valence-electron chi connectivity index (χ0n) is 15.9. The molecular formula is C20H26Cl2N2O3. The molecule has 0 heterocycles. The molecule has 0 radical (unpaired) electrons. The van der Waals surface area contributed by atoms with Crippen LogP contribution in [0, 0.1) is 0 Å². The van der Waals surface area contributed by atoms with Gasteiger partial charge in [0.15, 0.2) is 11.5 Å². The lowest BCUT2D eigenvalue weighted by Gasteiger charge is -2.15. The van der Waals surface area contributed by atoms with Crippen LogP contribution in [0.3, 0.4) is 0 Å². The first kappa shape index (κ1) is 23.1. The quantitative estimate of drug-likeness (QED) is 0.580. The van der Waals surface area contributed by atoms with E-state index in [9.17, 15) is 4.79 Å². The molecule has 148 valence electrons. The van der Waals surface area contributed by atoms with Crippen LogP contribution < -0.4 is 32.1 Å². The van der Waals surface area contributed by atoms with Gasteiger partial charge in [0.1, 0.15) is 0 Å². The molecule has 0 aliphatic heterocycles. The van der Waals surface area contributed by atoms with Gasteiger partial charge in [-0.15, -0.1) is 0 Å². The normalized spacial score (nSPS) is 11.3. The minimum Gasteiger partial charge on any atom is -1.00 e. The van der Waals surface area contributed by atoms with Gasteiger partial charge in [0, 0.05) is 17.1 Å². The fraction of sp³-hybridized carbons (Fsp3) is 0.350. The minimum atomic E-state index is 0. The van der Waals surface area contributed by atoms with Crippen molar-refractivity contribution in [3.63, 3.8) is 0 Å². The van der Waals surface area contributed by atoms with Crippen LogP contribution in [0.15, 0.2) is 42.5 Å². The highest BCUT2D eigenvalue weighted by Crippen LogP contribution is 2.27. The van der Waals surface area contributed by atoms with Crippen LogP contribution in [0.1, 0.15) is 12.0 Å². The average molecular weight is 413 g/mol. The molecule has 1 unspecified atom stereocenters. The third-order valence-corrected chi connectivity index (χ3v) is 4.45. The van der Waals surface area contributed by atoms with E-state index < -0.39 is 0 Å². The van der Waals surface area contributed by atoms with Crippen molar-refractivity contribution in [1.82, 2.24) is 0 Å². The van der Waals surface area contributed by atoms with Gasteiger partial charge in [0.25, 0.3) is 0 Å². The third kappa shape index (κ3) is 7.67. The molecular weight excluding hydrogens is 387 g/mol. The number of halogens is 2. The van der Waals surface area contributed by atoms with E-state index in [1.807, 2.05) is 18.2 Å². The van der Waals surface area contributed by atoms with Crippen LogP contribution in [0.2, 0.25) is 5.02 Å². The van der Waals surface area contributed by atoms with E-state index in [1.54, 1.807) is 38.5 Å². The lowest BCUT2D eigenvalue weighted by Crippen LogP contribution is -3.09. The summed E-state index contributed by atoms with van der Waals surface area (Å²) in [5.41, 5.74) is 1.95. The summed E-state index contributed by atoms with van der Waals surface area (Å²) in [5, 5.41) is 3.54. The van der Waals surface area contributed by atoms with Crippen molar-refractivity contribution in [2.75, 3.05) is 39.7 Å². The second-order valence-corrected chi connectivity index (χ2v) is 6.64. The summed E-state index contributed by atoms with van der Waals surface area (Å²) >= 11 is 5.84. The van der Waals surface area contributed by atoms with Crippen molar-refractivity contribution in [2.45, 2.75) is 12.8 Å². The van der Waals surface area contributed by atoms with Gasteiger partial charge in [-0.05, 0) is 42.0 Å². The van der Waals surface area contributed by atoms with Gasteiger partial charge in [-0.3, -0.25) is 4.79 Å². The van der Waals surface area contributed by atoms with Crippen molar-refractivity contribution in [2.24, 2.45) is 0 Å². The van der Waals surface area contributed by atoms with Gasteiger partial charge < -0.3 is 32.1 Å². The van der Waals surface area contributed by atoms with Crippen LogP contribution in [-0.2, 0) is 11.2 Å². The second-order valence-electron chi connectivity index (χ2n) is 6.20. The lowest BCUT2D eigenvalue weighted by molar-refractivity contribution is -0.878. The molecule has 0 spiro atoms. The standard InChI is InChI=1S/C20H25ClN2O3.ClH/c1-23(12-10-15-4-9-18(25-2)19(14-15)26-3)13-11-20(24)22-17-7-5-16(21)6-8-17;/h4-9,14H,10-13H2,1-3H3,(H,22,24);1H. The molecule has 7 heteroatoms. The van der Waals surface area contributed by atoms with Crippen LogP contribution in [0.5, 0.6) is 11.5 Å². The summed E-state index contributed by atoms with van der Waals surface area (Å²) in [6, 6.07) is 13.1. The maximum absolute atomic E-state index is 12.0. The molecule has 5 nitrogen and oxygen atoms in total. The molecule has 0 aromatic heterocycles. The number of hydrogen-bond donors (Lipinski definition) is 2. The second kappa shape index (κ2) is 11.7. The number of methoxy groups -OCH3 is 2. The highest BCUT2D eigenvalue weighted by molar-refractivity contribution is 6.30. The fourth-order valence-electron chi connectivity index (χ4n) is 2.60. The first-order chi connectivity index (χ1) is 12.5. The highest BCUT2D eigenvalue weighted by atomic mass is 35.5. The highest BCUT2D eigenvalue weighted by Gasteiger charge is 2.10. The van der Waals surface area contributed by atoms with Gasteiger partial charge >= 0.3 is 0 Å². The molecule has 2 aromatic rings. The van der Waals surface area contributed by atoms with E-state index in [-0.39, 0.29) is 18.3 Å². The molecule has 2 rings (SSSR count). The Balaban J connectivity index is 0.00000364. The number of likely N-dealkylation sites (N-methyl/N-ethyl adjacent to an activating group) is 1. The Morgan fingerprint density at radius 1 is 1.04 bits per heavy atom. The SMILES string of the molecule is COc1ccc(CC[NH+](C)CCC(=O)Nc2ccc(Cl)cc2)cc1OC.[Cl-]. The molecule has 0 saturated heterocycles. The summed E-state index contributed by atoms with van der Waals surface area (Å²) in [7, 11) is 5.36. The Kier molecular flexibility index (Phi) is 10.0. The average Bonchev–Trinajstić information content (AvgIpc) is 2.66. The Morgan fingerprint density at radius 3 is 2.33 bits per heavy atom. The predicted octanol–water partition coefficient (Wildman–Crippen LogP) is -0.553. The van der Waals surface area contributed by atoms with E-state index in [0.29, 0.717) is 11.4 Å². The molecule has 0 bridgehead atoms. The van der Waals surface area contributed by atoms with E-state index in [0.717, 1.165) is 36.7 Å². The zero-order chi connectivity index (χ0) is 18.9. The summed E-state index contributed by atoms with van der Waals surface area (Å²) in [6.45, 7) is 1.70. The topological polar surface area (TPSA) is 52.0 Å². The zero-order valence-corrected chi connectivity index (χ0v) is 17.4. The third-order valence-electron chi connectivity index (χ3n) is 4.20. The van der Waals surface area contributed by atoms with E-state index in [2.05, 4.69) is 12.4 Å². The number of amides is 1. The number of rotatable bonds is 9. The van der Waals surface area contributed by atoms with Crippen molar-refractivity contribution < 1.29 is 31.6 Å². The Hall–Kier alpha value is -1.95. The first-order valence-electron chi connectivity index (χ1n) is 8.59. The number of nitrogens with one attached hydrogen (secondary N) is 2. The van der Waals surface area contributed by atoms with Gasteiger partial charge in [-0.25, -0.2) is 0 Å². The summed E-state index contributed by atoms with van der Waals surface area (Å²) in [4.78, 5) is 13.3. The van der Waals surface area contributed by atoms with Gasteiger partial charge in [0.2, 0.25) is 5.91 Å². The maximum Gasteiger partial charge on any atom is 0.230 e. The van der Waals surface area contributed by atoms with E-state index >= 15 is 0 Å². The molecule has 2 N–H and O–H groups in total. The van der Waals surface area contributed by atoms with Crippen molar-refractivity contribution >= 4 is 23.2 Å². The molecule has 2 aromatic carbocycles. The van der Waals surface area contributed by atoms with Crippen LogP contribution in [0.4, 0.5) is 5.69 Å². The van der Waals surface area contributed by atoms with Gasteiger partial charge in [0.05, 0.1) is 40.8 Å². The van der Waals surface area contributed by atoms with Crippen molar-refractivity contribution in [3.05, 3.63) is 53.1 Å². The fourth-order valence-corrected chi connectivity index (χ4v) is 2.73. The monoisotopic (exact) mass is 412 g/mol. The molecule has 0 fully saturated rings. The molecule has 0 aliphatic rings. The van der Waals surface area contributed by atoms with E-state index in [4.69, 9.17) is 21.1 Å². The van der Waals surface area contributed by atoms with Crippen molar-refractivity contribution in [1.29, 1.82) is 0 Å². The molecule has 0 saturated carbocycles. The van der Waals surface area contributed by atoms with Crippen LogP contribution in [-0.4, -0.2) is 40.3 Å². The van der Waals surface area contributed by atoms with E-state index in [1.165, 1.54) is 10.5 Å². The smallest absolute Gasteiger partial charge is 0.230 e. The maximum atomic E-state index is 12.0. The Morgan fingerprint density at radius 2 is 1.70 bits per heavy atom. The Labute approximate surface area is 172 Å². The summed E-state index contributed by atoms with van der Waals surface area (Å²) in [5.74, 6) is 1.48. The van der Waals surface area contributed by atoms with Gasteiger partial charge in [-0.1, -0.05) is 17.7 Å². The molecule has 1 atom stereocenters. The minimum absolute atomic E-state index is 0. The number of hydrogen-bond acceptors (Lipinski definition) is 3. The molecule has 0 aliphatic carbocycles. The number of anilines is 1. The number of ether oxygens (including phenoxy) is 2. The number of carbonyl (C=O) groups is 1. The number of quaternary nitrogens is 1. The summed E-state index contributed by atoms with van der Waals surface area (Å²) < 4.78 is 10.6. The lowest BCUT2D eigenvalue weighted by atomic mass is 10.1. The van der Waals surface area contributed by atoms with Crippen molar-refractivity contribution in [3.8, 4) is 11.5 Å².